The van der Waals surface area contributed by atoms with Crippen LogP contribution in [0.5, 0.6) is 5.75 Å². The van der Waals surface area contributed by atoms with Gasteiger partial charge in [-0.1, -0.05) is 26.0 Å². The highest BCUT2D eigenvalue weighted by Crippen LogP contribution is 2.28. The summed E-state index contributed by atoms with van der Waals surface area (Å²) in [7, 11) is 10.3. The highest BCUT2D eigenvalue weighted by Gasteiger charge is 2.21. The van der Waals surface area contributed by atoms with Crippen molar-refractivity contribution in [2.24, 2.45) is 0 Å². The summed E-state index contributed by atoms with van der Waals surface area (Å²) in [4.78, 5) is 6.84. The minimum atomic E-state index is -0.151. The van der Waals surface area contributed by atoms with Crippen molar-refractivity contribution in [3.8, 4) is 28.3 Å². The van der Waals surface area contributed by atoms with Crippen LogP contribution in [0, 0.1) is 0 Å². The minimum Gasteiger partial charge on any atom is -0.490 e. The predicted octanol–water partition coefficient (Wildman–Crippen LogP) is 6.01. The van der Waals surface area contributed by atoms with Crippen molar-refractivity contribution in [2.75, 3.05) is 66.3 Å². The first-order valence-electron chi connectivity index (χ1n) is 18.7. The summed E-state index contributed by atoms with van der Waals surface area (Å²) in [5, 5.41) is 30.7. The number of hydrogen-bond acceptors (Lipinski definition) is 9. The zero-order valence-electron chi connectivity index (χ0n) is 32.7. The number of ether oxygens (including phenoxy) is 1. The predicted molar refractivity (Wildman–Crippen MR) is 212 cm³/mol. The number of nitrogens with zero attached hydrogens (tertiary/aromatic N) is 5. The number of likely N-dealkylation sites (N-methyl/N-ethyl adjacent to an activating group) is 4. The Morgan fingerprint density at radius 2 is 1.20 bits per heavy atom. The Morgan fingerprint density at radius 3 is 1.63 bits per heavy atom. The van der Waals surface area contributed by atoms with E-state index in [2.05, 4.69) is 117 Å². The Bertz CT molecular complexity index is 1480. The van der Waals surface area contributed by atoms with Crippen LogP contribution < -0.4 is 20.3 Å². The van der Waals surface area contributed by atoms with Crippen LogP contribution >= 0.6 is 0 Å². The minimum absolute atomic E-state index is 0.151. The molecule has 1 aliphatic carbocycles. The molecule has 4 aromatic rings. The fourth-order valence-electron chi connectivity index (χ4n) is 5.92. The van der Waals surface area contributed by atoms with Crippen LogP contribution in [0.1, 0.15) is 64.5 Å². The summed E-state index contributed by atoms with van der Waals surface area (Å²) in [6.45, 7) is 14.1. The number of hydrogen-bond donors (Lipinski definition) is 5. The normalized spacial score (nSPS) is 15.7. The maximum absolute atomic E-state index is 9.60. The molecular formula is C40H65N9O2. The molecule has 5 N–H and O–H groups in total. The molecule has 2 aromatic carbocycles. The summed E-state index contributed by atoms with van der Waals surface area (Å²) in [6, 6.07) is 17.4. The third kappa shape index (κ3) is 13.4. The second kappa shape index (κ2) is 22.3. The van der Waals surface area contributed by atoms with Crippen LogP contribution in [-0.4, -0.2) is 115 Å². The van der Waals surface area contributed by atoms with Crippen molar-refractivity contribution in [2.45, 2.75) is 84.7 Å². The van der Waals surface area contributed by atoms with Crippen LogP contribution in [0.3, 0.4) is 0 Å². The Kier molecular flexibility index (Phi) is 18.2. The van der Waals surface area contributed by atoms with Gasteiger partial charge >= 0.3 is 0 Å². The van der Waals surface area contributed by atoms with E-state index in [0.29, 0.717) is 6.04 Å². The third-order valence-electron chi connectivity index (χ3n) is 9.23. The van der Waals surface area contributed by atoms with Gasteiger partial charge in [0.1, 0.15) is 5.75 Å². The highest BCUT2D eigenvalue weighted by atomic mass is 16.5. The molecule has 0 bridgehead atoms. The monoisotopic (exact) mass is 704 g/mol. The first kappa shape index (κ1) is 41.7. The average Bonchev–Trinajstić information content (AvgIpc) is 3.81. The maximum atomic E-state index is 9.60. The number of aliphatic hydroxyl groups excluding tert-OH is 1. The lowest BCUT2D eigenvalue weighted by Gasteiger charge is -2.26. The van der Waals surface area contributed by atoms with Gasteiger partial charge in [0.05, 0.1) is 36.0 Å². The number of H-pyrrole nitrogens is 2. The van der Waals surface area contributed by atoms with E-state index in [1.807, 2.05) is 52.5 Å². The van der Waals surface area contributed by atoms with Crippen molar-refractivity contribution in [1.82, 2.24) is 40.8 Å². The topological polar surface area (TPSA) is 121 Å². The number of aromatic nitrogens is 4. The van der Waals surface area contributed by atoms with E-state index in [0.717, 1.165) is 87.7 Å². The van der Waals surface area contributed by atoms with Gasteiger partial charge in [-0.3, -0.25) is 10.2 Å². The van der Waals surface area contributed by atoms with Crippen LogP contribution in [0.4, 0.5) is 5.69 Å². The molecule has 1 aliphatic rings. The molecular weight excluding hydrogens is 639 g/mol. The first-order valence-corrected chi connectivity index (χ1v) is 18.7. The van der Waals surface area contributed by atoms with Crippen LogP contribution in [0.25, 0.3) is 22.5 Å². The lowest BCUT2D eigenvalue weighted by atomic mass is 9.95. The van der Waals surface area contributed by atoms with E-state index in [9.17, 15) is 5.11 Å². The summed E-state index contributed by atoms with van der Waals surface area (Å²) in [5.41, 5.74) is 8.13. The number of anilines is 1. The standard InChI is InChI=1S/C20H30N4O2.C18H29N5.C2H6/c1-21-11-12-24(2)14-16-13-22-23-20(16)15-3-7-18(8-4-15)26-19-9-5-17(25)6-10-19;1-14(2)23(5)17-8-6-15(7-9-17)18-16(12-20-21-18)13-22(4)11-10-19-3;1-2/h3-4,7-8,13,17,19,21,25H,5-6,9-12,14H2,1-2H3,(H,22,23);6-9,12,14,19H,10-11,13H2,1-5H3,(H,20,21);1-2H3. The van der Waals surface area contributed by atoms with Gasteiger partial charge in [-0.2, -0.15) is 10.2 Å². The molecule has 0 unspecified atom stereocenters. The van der Waals surface area contributed by atoms with Gasteiger partial charge in [-0.05, 0) is 104 Å². The van der Waals surface area contributed by atoms with Gasteiger partial charge in [-0.15, -0.1) is 0 Å². The second-order valence-electron chi connectivity index (χ2n) is 13.5. The quantitative estimate of drug-likeness (QED) is 0.0956. The molecule has 11 nitrogen and oxygen atoms in total. The van der Waals surface area contributed by atoms with E-state index in [-0.39, 0.29) is 12.2 Å². The van der Waals surface area contributed by atoms with E-state index < -0.39 is 0 Å². The van der Waals surface area contributed by atoms with Crippen LogP contribution in [-0.2, 0) is 13.1 Å². The molecule has 11 heteroatoms. The summed E-state index contributed by atoms with van der Waals surface area (Å²) in [6.07, 6.45) is 7.42. The fourth-order valence-corrected chi connectivity index (χ4v) is 5.92. The van der Waals surface area contributed by atoms with Gasteiger partial charge < -0.3 is 35.2 Å². The molecule has 2 aromatic heterocycles. The largest absolute Gasteiger partial charge is 0.490 e. The smallest absolute Gasteiger partial charge is 0.119 e. The summed E-state index contributed by atoms with van der Waals surface area (Å²) < 4.78 is 6.06. The van der Waals surface area contributed by atoms with Gasteiger partial charge in [-0.25, -0.2) is 0 Å². The molecule has 1 saturated carbocycles. The molecule has 2 heterocycles. The van der Waals surface area contributed by atoms with Crippen molar-refractivity contribution in [3.63, 3.8) is 0 Å². The molecule has 0 amide bonds. The molecule has 0 spiro atoms. The van der Waals surface area contributed by atoms with Gasteiger partial charge in [0, 0.05) is 80.3 Å². The van der Waals surface area contributed by atoms with E-state index in [1.165, 1.54) is 22.4 Å². The SMILES string of the molecule is CC.CNCCN(C)Cc1cn[nH]c1-c1ccc(N(C)C(C)C)cc1.CNCCN(C)Cc1cn[nH]c1-c1ccc(OC2CCC(O)CC2)cc1. The highest BCUT2D eigenvalue weighted by molar-refractivity contribution is 5.66. The van der Waals surface area contributed by atoms with Crippen LogP contribution in [0.2, 0.25) is 0 Å². The number of aromatic amines is 2. The Hall–Kier alpha value is -3.74. The van der Waals surface area contributed by atoms with Gasteiger partial charge in [0.2, 0.25) is 0 Å². The van der Waals surface area contributed by atoms with Crippen molar-refractivity contribution < 1.29 is 9.84 Å². The van der Waals surface area contributed by atoms with E-state index in [4.69, 9.17) is 4.74 Å². The van der Waals surface area contributed by atoms with Crippen LogP contribution in [0.15, 0.2) is 60.9 Å². The zero-order chi connectivity index (χ0) is 37.2. The Labute approximate surface area is 307 Å². The molecule has 0 aliphatic heterocycles. The number of nitrogens with one attached hydrogen (secondary N) is 4. The summed E-state index contributed by atoms with van der Waals surface area (Å²) >= 11 is 0. The van der Waals surface area contributed by atoms with Crippen molar-refractivity contribution >= 4 is 5.69 Å². The number of rotatable bonds is 16. The second-order valence-corrected chi connectivity index (χ2v) is 13.5. The molecule has 1 fully saturated rings. The molecule has 5 rings (SSSR count). The molecule has 51 heavy (non-hydrogen) atoms. The van der Waals surface area contributed by atoms with Crippen molar-refractivity contribution in [1.29, 1.82) is 0 Å². The molecule has 0 radical (unpaired) electrons. The van der Waals surface area contributed by atoms with Gasteiger partial charge in [0.25, 0.3) is 0 Å². The maximum Gasteiger partial charge on any atom is 0.119 e. The lowest BCUT2D eigenvalue weighted by molar-refractivity contribution is 0.0666. The fraction of sp³-hybridized carbons (Fsp3) is 0.550. The zero-order valence-corrected chi connectivity index (χ0v) is 32.7. The summed E-state index contributed by atoms with van der Waals surface area (Å²) in [5.74, 6) is 0.891. The van der Waals surface area contributed by atoms with Gasteiger partial charge in [0.15, 0.2) is 0 Å². The number of benzene rings is 2. The first-order chi connectivity index (χ1) is 24.7. The average molecular weight is 704 g/mol. The van der Waals surface area contributed by atoms with E-state index >= 15 is 0 Å². The van der Waals surface area contributed by atoms with Crippen molar-refractivity contribution in [3.05, 3.63) is 72.1 Å². The molecule has 0 atom stereocenters. The Balaban J connectivity index is 0.000000265. The Morgan fingerprint density at radius 1 is 0.745 bits per heavy atom. The molecule has 0 saturated heterocycles. The number of aliphatic hydroxyl groups is 1. The van der Waals surface area contributed by atoms with E-state index in [1.54, 1.807) is 0 Å². The lowest BCUT2D eigenvalue weighted by Crippen LogP contribution is -2.27. The third-order valence-corrected chi connectivity index (χ3v) is 9.23. The molecule has 282 valence electrons.